The van der Waals surface area contributed by atoms with Crippen LogP contribution in [0.4, 0.5) is 0 Å². The molecule has 0 saturated heterocycles. The minimum Gasteiger partial charge on any atom is -0.267 e. The Bertz CT molecular complexity index is 335. The highest BCUT2D eigenvalue weighted by Crippen LogP contribution is 2.21. The molecule has 0 spiro atoms. The van der Waals surface area contributed by atoms with Crippen LogP contribution in [-0.4, -0.2) is 0 Å². The minimum atomic E-state index is 0.895. The summed E-state index contributed by atoms with van der Waals surface area (Å²) in [6, 6.07) is 4.02. The molecule has 1 aliphatic heterocycles. The molecule has 0 radical (unpaired) electrons. The molecule has 0 bridgehead atoms. The highest BCUT2D eigenvalue weighted by atomic mass is 32.1. The van der Waals surface area contributed by atoms with Gasteiger partial charge in [0.1, 0.15) is 5.70 Å². The monoisotopic (exact) mass is 177 g/mol. The summed E-state index contributed by atoms with van der Waals surface area (Å²) in [5.41, 5.74) is 3.56. The SMILES string of the molecule is C1=CNN=NC(c2cccs2)=C1. The molecule has 0 amide bonds. The van der Waals surface area contributed by atoms with Crippen LogP contribution in [0.5, 0.6) is 0 Å². The second kappa shape index (κ2) is 3.32. The molecular weight excluding hydrogens is 170 g/mol. The minimum absolute atomic E-state index is 0.895. The van der Waals surface area contributed by atoms with Crippen molar-refractivity contribution in [1.82, 2.24) is 5.43 Å². The van der Waals surface area contributed by atoms with Crippen LogP contribution in [0.3, 0.4) is 0 Å². The van der Waals surface area contributed by atoms with Crippen molar-refractivity contribution in [2.24, 2.45) is 10.3 Å². The molecule has 12 heavy (non-hydrogen) atoms. The molecule has 0 atom stereocenters. The molecule has 60 valence electrons. The number of nitrogens with one attached hydrogen (secondary N) is 1. The van der Waals surface area contributed by atoms with Gasteiger partial charge in [-0.3, -0.25) is 5.43 Å². The molecule has 0 aliphatic carbocycles. The zero-order chi connectivity index (χ0) is 8.23. The van der Waals surface area contributed by atoms with Crippen LogP contribution in [0.15, 0.2) is 46.2 Å². The summed E-state index contributed by atoms with van der Waals surface area (Å²) in [7, 11) is 0. The topological polar surface area (TPSA) is 36.8 Å². The van der Waals surface area contributed by atoms with Gasteiger partial charge in [-0.25, -0.2) is 0 Å². The molecule has 2 heterocycles. The van der Waals surface area contributed by atoms with E-state index in [0.717, 1.165) is 10.6 Å². The Balaban J connectivity index is 2.34. The Kier molecular flexibility index (Phi) is 2.00. The second-order valence-electron chi connectivity index (χ2n) is 2.22. The molecule has 1 N–H and O–H groups in total. The highest BCUT2D eigenvalue weighted by Gasteiger charge is 2.00. The van der Waals surface area contributed by atoms with Gasteiger partial charge in [0.25, 0.3) is 0 Å². The first-order chi connectivity index (χ1) is 5.97. The van der Waals surface area contributed by atoms with E-state index in [9.17, 15) is 0 Å². The third kappa shape index (κ3) is 1.43. The Morgan fingerprint density at radius 2 is 2.42 bits per heavy atom. The summed E-state index contributed by atoms with van der Waals surface area (Å²) in [5.74, 6) is 0. The largest absolute Gasteiger partial charge is 0.267 e. The number of allylic oxidation sites excluding steroid dienone is 2. The fourth-order valence-corrected chi connectivity index (χ4v) is 1.58. The van der Waals surface area contributed by atoms with Crippen molar-refractivity contribution in [2.45, 2.75) is 0 Å². The highest BCUT2D eigenvalue weighted by molar-refractivity contribution is 7.11. The van der Waals surface area contributed by atoms with Crippen LogP contribution in [0.25, 0.3) is 5.70 Å². The van der Waals surface area contributed by atoms with Crippen LogP contribution in [0.1, 0.15) is 4.88 Å². The average molecular weight is 177 g/mol. The predicted octanol–water partition coefficient (Wildman–Crippen LogP) is 2.57. The standard InChI is InChI=1S/C8H7N3S/c1-3-7(10-11-9-5-1)8-4-2-6-12-8/h1-6H,(H,9,10). The molecular formula is C8H7N3S. The number of hydrogen-bond acceptors (Lipinski definition) is 4. The lowest BCUT2D eigenvalue weighted by molar-refractivity contribution is 0.882. The van der Waals surface area contributed by atoms with Crippen LogP contribution in [0, 0.1) is 0 Å². The van der Waals surface area contributed by atoms with E-state index in [1.165, 1.54) is 0 Å². The van der Waals surface area contributed by atoms with Gasteiger partial charge in [-0.05, 0) is 23.6 Å². The Labute approximate surface area is 74.1 Å². The van der Waals surface area contributed by atoms with E-state index in [0.29, 0.717) is 0 Å². The Morgan fingerprint density at radius 3 is 3.25 bits per heavy atom. The summed E-state index contributed by atoms with van der Waals surface area (Å²) in [5, 5.41) is 9.74. The number of hydrogen-bond donors (Lipinski definition) is 1. The molecule has 0 saturated carbocycles. The zero-order valence-corrected chi connectivity index (χ0v) is 7.08. The third-order valence-electron chi connectivity index (χ3n) is 1.41. The van der Waals surface area contributed by atoms with Gasteiger partial charge in [0, 0.05) is 6.20 Å². The predicted molar refractivity (Wildman–Crippen MR) is 49.4 cm³/mol. The summed E-state index contributed by atoms with van der Waals surface area (Å²) >= 11 is 1.65. The lowest BCUT2D eigenvalue weighted by Gasteiger charge is -1.91. The maximum absolute atomic E-state index is 3.99. The summed E-state index contributed by atoms with van der Waals surface area (Å²) in [4.78, 5) is 1.13. The lowest BCUT2D eigenvalue weighted by atomic mass is 10.3. The van der Waals surface area contributed by atoms with Gasteiger partial charge in [-0.1, -0.05) is 11.3 Å². The van der Waals surface area contributed by atoms with Gasteiger partial charge in [0.05, 0.1) is 4.88 Å². The van der Waals surface area contributed by atoms with Gasteiger partial charge in [-0.2, -0.15) is 0 Å². The molecule has 0 aromatic carbocycles. The molecule has 1 aromatic rings. The van der Waals surface area contributed by atoms with Crippen LogP contribution >= 0.6 is 11.3 Å². The van der Waals surface area contributed by atoms with E-state index in [1.54, 1.807) is 17.5 Å². The van der Waals surface area contributed by atoms with E-state index in [-0.39, 0.29) is 0 Å². The Hall–Kier alpha value is -1.42. The molecule has 2 rings (SSSR count). The molecule has 3 nitrogen and oxygen atoms in total. The van der Waals surface area contributed by atoms with Crippen molar-refractivity contribution in [3.05, 3.63) is 40.7 Å². The van der Waals surface area contributed by atoms with Crippen molar-refractivity contribution in [3.63, 3.8) is 0 Å². The van der Waals surface area contributed by atoms with Crippen LogP contribution in [0.2, 0.25) is 0 Å². The van der Waals surface area contributed by atoms with Gasteiger partial charge < -0.3 is 0 Å². The van der Waals surface area contributed by atoms with Crippen molar-refractivity contribution in [2.75, 3.05) is 0 Å². The fourth-order valence-electron chi connectivity index (χ4n) is 0.887. The second-order valence-corrected chi connectivity index (χ2v) is 3.17. The number of thiophene rings is 1. The van der Waals surface area contributed by atoms with Crippen molar-refractivity contribution < 1.29 is 0 Å². The lowest BCUT2D eigenvalue weighted by Crippen LogP contribution is -1.87. The first-order valence-electron chi connectivity index (χ1n) is 3.54. The van der Waals surface area contributed by atoms with Crippen molar-refractivity contribution in [1.29, 1.82) is 0 Å². The number of nitrogens with zero attached hydrogens (tertiary/aromatic N) is 2. The van der Waals surface area contributed by atoms with E-state index < -0.39 is 0 Å². The molecule has 0 unspecified atom stereocenters. The quantitative estimate of drug-likeness (QED) is 0.703. The first-order valence-corrected chi connectivity index (χ1v) is 4.42. The summed E-state index contributed by atoms with van der Waals surface area (Å²) < 4.78 is 0. The van der Waals surface area contributed by atoms with Crippen molar-refractivity contribution >= 4 is 17.0 Å². The molecule has 0 fully saturated rings. The van der Waals surface area contributed by atoms with E-state index >= 15 is 0 Å². The van der Waals surface area contributed by atoms with Gasteiger partial charge in [-0.15, -0.1) is 16.5 Å². The van der Waals surface area contributed by atoms with Crippen LogP contribution < -0.4 is 5.43 Å². The van der Waals surface area contributed by atoms with E-state index in [2.05, 4.69) is 15.8 Å². The molecule has 1 aliphatic rings. The summed E-state index contributed by atoms with van der Waals surface area (Å²) in [6.07, 6.45) is 5.55. The van der Waals surface area contributed by atoms with Crippen LogP contribution in [-0.2, 0) is 0 Å². The van der Waals surface area contributed by atoms with E-state index in [4.69, 9.17) is 0 Å². The first kappa shape index (κ1) is 7.24. The molecule has 1 aromatic heterocycles. The smallest absolute Gasteiger partial charge is 0.105 e. The summed E-state index contributed by atoms with van der Waals surface area (Å²) in [6.45, 7) is 0. The van der Waals surface area contributed by atoms with Gasteiger partial charge in [0.15, 0.2) is 0 Å². The fraction of sp³-hybridized carbons (Fsp3) is 0. The van der Waals surface area contributed by atoms with Crippen molar-refractivity contribution in [3.8, 4) is 0 Å². The van der Waals surface area contributed by atoms with E-state index in [1.807, 2.05) is 29.7 Å². The Morgan fingerprint density at radius 1 is 1.42 bits per heavy atom. The normalized spacial score (nSPS) is 15.2. The number of rotatable bonds is 1. The van der Waals surface area contributed by atoms with Gasteiger partial charge >= 0.3 is 0 Å². The third-order valence-corrected chi connectivity index (χ3v) is 2.31. The van der Waals surface area contributed by atoms with Gasteiger partial charge in [0.2, 0.25) is 0 Å². The molecule has 4 heteroatoms. The average Bonchev–Trinajstić information content (AvgIpc) is 2.48. The maximum Gasteiger partial charge on any atom is 0.105 e. The zero-order valence-electron chi connectivity index (χ0n) is 6.27. The maximum atomic E-state index is 3.99.